The van der Waals surface area contributed by atoms with Crippen molar-refractivity contribution in [2.45, 2.75) is 38.7 Å². The van der Waals surface area contributed by atoms with Gasteiger partial charge >= 0.3 is 0 Å². The summed E-state index contributed by atoms with van der Waals surface area (Å²) in [5.74, 6) is 2.01. The lowest BCUT2D eigenvalue weighted by atomic mass is 9.51. The number of fused-ring (bicyclic) bond motifs is 2. The van der Waals surface area contributed by atoms with Gasteiger partial charge in [0.05, 0.1) is 5.60 Å². The van der Waals surface area contributed by atoms with Crippen molar-refractivity contribution in [3.05, 3.63) is 0 Å². The van der Waals surface area contributed by atoms with Crippen LogP contribution in [0.5, 0.6) is 0 Å². The molecule has 0 aromatic rings. The quantitative estimate of drug-likeness (QED) is 0.544. The van der Waals surface area contributed by atoms with E-state index < -0.39 is 0 Å². The second-order valence-corrected chi connectivity index (χ2v) is 4.32. The molecule has 0 aliphatic heterocycles. The molecule has 0 heterocycles. The molecule has 0 saturated heterocycles. The summed E-state index contributed by atoms with van der Waals surface area (Å²) in [5, 5.41) is 9.86. The van der Waals surface area contributed by atoms with E-state index in [1.807, 2.05) is 6.92 Å². The number of hydrogen-bond donors (Lipinski definition) is 1. The second-order valence-electron chi connectivity index (χ2n) is 4.32. The molecule has 0 spiro atoms. The van der Waals surface area contributed by atoms with Crippen LogP contribution in [0.3, 0.4) is 0 Å². The molecule has 3 aliphatic rings. The fourth-order valence-corrected chi connectivity index (χ4v) is 2.81. The standard InChI is InChI=1S/C9H16O/c1-6-3-4-7-5-8(6)9(7,2)10/h6-8,10H,3-5H2,1-2H3/t6-,7-,8-,9?/m0/s1. The van der Waals surface area contributed by atoms with Crippen molar-refractivity contribution in [3.8, 4) is 0 Å². The highest BCUT2D eigenvalue weighted by Gasteiger charge is 2.54. The van der Waals surface area contributed by atoms with Crippen molar-refractivity contribution in [1.29, 1.82) is 0 Å². The van der Waals surface area contributed by atoms with Crippen LogP contribution in [-0.4, -0.2) is 10.7 Å². The van der Waals surface area contributed by atoms with E-state index in [9.17, 15) is 5.11 Å². The molecule has 3 fully saturated rings. The van der Waals surface area contributed by atoms with E-state index in [0.29, 0.717) is 11.8 Å². The topological polar surface area (TPSA) is 20.2 Å². The van der Waals surface area contributed by atoms with Gasteiger partial charge in [-0.25, -0.2) is 0 Å². The Morgan fingerprint density at radius 3 is 2.40 bits per heavy atom. The van der Waals surface area contributed by atoms with Gasteiger partial charge in [0, 0.05) is 0 Å². The van der Waals surface area contributed by atoms with E-state index in [4.69, 9.17) is 0 Å². The summed E-state index contributed by atoms with van der Waals surface area (Å²) in [6.07, 6.45) is 3.88. The van der Waals surface area contributed by atoms with Crippen LogP contribution >= 0.6 is 0 Å². The molecule has 3 rings (SSSR count). The van der Waals surface area contributed by atoms with Gasteiger partial charge in [-0.05, 0) is 43.9 Å². The molecule has 1 nitrogen and oxygen atoms in total. The van der Waals surface area contributed by atoms with E-state index in [-0.39, 0.29) is 5.60 Å². The Morgan fingerprint density at radius 2 is 2.10 bits per heavy atom. The number of aliphatic hydroxyl groups is 1. The molecule has 3 aliphatic carbocycles. The summed E-state index contributed by atoms with van der Waals surface area (Å²) < 4.78 is 0. The summed E-state index contributed by atoms with van der Waals surface area (Å²) >= 11 is 0. The SMILES string of the molecule is C[C@H]1CC[C@H]2C[C@@H]1C2(C)O. The highest BCUT2D eigenvalue weighted by Crippen LogP contribution is 2.55. The van der Waals surface area contributed by atoms with E-state index >= 15 is 0 Å². The first-order chi connectivity index (χ1) is 4.62. The molecule has 58 valence electrons. The summed E-state index contributed by atoms with van der Waals surface area (Å²) in [7, 11) is 0. The minimum atomic E-state index is -0.294. The molecule has 0 amide bonds. The first kappa shape index (κ1) is 6.66. The molecule has 2 bridgehead atoms. The zero-order valence-electron chi connectivity index (χ0n) is 6.80. The lowest BCUT2D eigenvalue weighted by molar-refractivity contribution is -0.184. The summed E-state index contributed by atoms with van der Waals surface area (Å²) in [4.78, 5) is 0. The maximum Gasteiger partial charge on any atom is 0.0678 e. The van der Waals surface area contributed by atoms with Crippen molar-refractivity contribution >= 4 is 0 Å². The molecule has 0 radical (unpaired) electrons. The van der Waals surface area contributed by atoms with Crippen LogP contribution < -0.4 is 0 Å². The minimum absolute atomic E-state index is 0.294. The molecular weight excluding hydrogens is 124 g/mol. The van der Waals surface area contributed by atoms with E-state index in [1.54, 1.807) is 0 Å². The van der Waals surface area contributed by atoms with Crippen LogP contribution in [0.1, 0.15) is 33.1 Å². The van der Waals surface area contributed by atoms with Gasteiger partial charge in [0.15, 0.2) is 0 Å². The van der Waals surface area contributed by atoms with Gasteiger partial charge in [0.2, 0.25) is 0 Å². The van der Waals surface area contributed by atoms with Gasteiger partial charge in [-0.3, -0.25) is 0 Å². The molecule has 0 aromatic carbocycles. The van der Waals surface area contributed by atoms with Crippen molar-refractivity contribution in [3.63, 3.8) is 0 Å². The van der Waals surface area contributed by atoms with Crippen LogP contribution in [0.4, 0.5) is 0 Å². The van der Waals surface area contributed by atoms with Gasteiger partial charge in [-0.1, -0.05) is 6.92 Å². The van der Waals surface area contributed by atoms with Gasteiger partial charge in [-0.15, -0.1) is 0 Å². The fraction of sp³-hybridized carbons (Fsp3) is 1.00. The van der Waals surface area contributed by atoms with Crippen molar-refractivity contribution in [2.75, 3.05) is 0 Å². The molecule has 1 N–H and O–H groups in total. The largest absolute Gasteiger partial charge is 0.390 e. The third-order valence-corrected chi connectivity index (χ3v) is 3.77. The first-order valence-electron chi connectivity index (χ1n) is 4.34. The Balaban J connectivity index is 2.16. The predicted molar refractivity (Wildman–Crippen MR) is 40.6 cm³/mol. The molecule has 1 heteroatoms. The fourth-order valence-electron chi connectivity index (χ4n) is 2.81. The minimum Gasteiger partial charge on any atom is -0.390 e. The van der Waals surface area contributed by atoms with Crippen molar-refractivity contribution in [1.82, 2.24) is 0 Å². The molecule has 1 unspecified atom stereocenters. The van der Waals surface area contributed by atoms with E-state index in [0.717, 1.165) is 5.92 Å². The third kappa shape index (κ3) is 0.619. The van der Waals surface area contributed by atoms with Gasteiger partial charge in [0.1, 0.15) is 0 Å². The molecule has 4 atom stereocenters. The molecule has 3 saturated carbocycles. The summed E-state index contributed by atoms with van der Waals surface area (Å²) in [6, 6.07) is 0. The lowest BCUT2D eigenvalue weighted by Gasteiger charge is -2.57. The highest BCUT2D eigenvalue weighted by molar-refractivity contribution is 5.05. The molecular formula is C9H16O. The third-order valence-electron chi connectivity index (χ3n) is 3.77. The Kier molecular flexibility index (Phi) is 1.17. The predicted octanol–water partition coefficient (Wildman–Crippen LogP) is 1.80. The van der Waals surface area contributed by atoms with Gasteiger partial charge in [-0.2, -0.15) is 0 Å². The average molecular weight is 140 g/mol. The van der Waals surface area contributed by atoms with Crippen LogP contribution in [0.15, 0.2) is 0 Å². The Morgan fingerprint density at radius 1 is 1.40 bits per heavy atom. The highest BCUT2D eigenvalue weighted by atomic mass is 16.3. The number of hydrogen-bond acceptors (Lipinski definition) is 1. The summed E-state index contributed by atoms with van der Waals surface area (Å²) in [6.45, 7) is 4.29. The Labute approximate surface area is 62.4 Å². The zero-order valence-corrected chi connectivity index (χ0v) is 6.80. The van der Waals surface area contributed by atoms with Crippen LogP contribution in [0.2, 0.25) is 0 Å². The smallest absolute Gasteiger partial charge is 0.0678 e. The first-order valence-corrected chi connectivity index (χ1v) is 4.34. The Hall–Kier alpha value is -0.0400. The van der Waals surface area contributed by atoms with Gasteiger partial charge < -0.3 is 5.11 Å². The maximum absolute atomic E-state index is 9.86. The molecule has 0 aromatic heterocycles. The van der Waals surface area contributed by atoms with Crippen LogP contribution in [-0.2, 0) is 0 Å². The van der Waals surface area contributed by atoms with Crippen molar-refractivity contribution < 1.29 is 5.11 Å². The normalized spacial score (nSPS) is 59.7. The monoisotopic (exact) mass is 140 g/mol. The second kappa shape index (κ2) is 1.76. The van der Waals surface area contributed by atoms with Crippen molar-refractivity contribution in [2.24, 2.45) is 17.8 Å². The van der Waals surface area contributed by atoms with Crippen LogP contribution in [0.25, 0.3) is 0 Å². The van der Waals surface area contributed by atoms with E-state index in [1.165, 1.54) is 19.3 Å². The molecule has 10 heavy (non-hydrogen) atoms. The zero-order chi connectivity index (χ0) is 7.35. The number of rotatable bonds is 0. The summed E-state index contributed by atoms with van der Waals surface area (Å²) in [5.41, 5.74) is -0.294. The lowest BCUT2D eigenvalue weighted by Crippen LogP contribution is -2.58. The maximum atomic E-state index is 9.86. The average Bonchev–Trinajstić information content (AvgIpc) is 1.87. The Bertz CT molecular complexity index is 149. The van der Waals surface area contributed by atoms with Crippen LogP contribution in [0, 0.1) is 17.8 Å². The van der Waals surface area contributed by atoms with E-state index in [2.05, 4.69) is 6.92 Å². The van der Waals surface area contributed by atoms with Gasteiger partial charge in [0.25, 0.3) is 0 Å².